The summed E-state index contributed by atoms with van der Waals surface area (Å²) in [6, 6.07) is 8.95. The average Bonchev–Trinajstić information content (AvgIpc) is 2.76. The van der Waals surface area contributed by atoms with Crippen molar-refractivity contribution in [2.45, 2.75) is 62.1 Å². The quantitative estimate of drug-likeness (QED) is 0.875. The highest BCUT2D eigenvalue weighted by Crippen LogP contribution is 2.45. The third-order valence-corrected chi connectivity index (χ3v) is 6.09. The van der Waals surface area contributed by atoms with Crippen molar-refractivity contribution < 1.29 is 0 Å². The monoisotopic (exact) mass is 289 g/mol. The van der Waals surface area contributed by atoms with Crippen LogP contribution in [0.1, 0.15) is 45.6 Å². The van der Waals surface area contributed by atoms with Gasteiger partial charge in [0.15, 0.2) is 0 Å². The fourth-order valence-corrected chi connectivity index (χ4v) is 4.80. The van der Waals surface area contributed by atoms with Gasteiger partial charge in [0.25, 0.3) is 0 Å². The first-order valence-corrected chi connectivity index (χ1v) is 8.89. The Labute approximate surface area is 127 Å². The maximum absolute atomic E-state index is 3.69. The first-order chi connectivity index (χ1) is 9.51. The van der Waals surface area contributed by atoms with Crippen LogP contribution >= 0.6 is 11.8 Å². The summed E-state index contributed by atoms with van der Waals surface area (Å²) in [4.78, 5) is 1.53. The van der Waals surface area contributed by atoms with Crippen molar-refractivity contribution in [3.63, 3.8) is 0 Å². The first kappa shape index (κ1) is 14.5. The highest BCUT2D eigenvalue weighted by molar-refractivity contribution is 8.00. The Morgan fingerprint density at radius 3 is 2.55 bits per heavy atom. The molecule has 1 aromatic rings. The average molecular weight is 289 g/mol. The molecule has 2 heteroatoms. The van der Waals surface area contributed by atoms with Crippen molar-refractivity contribution in [1.29, 1.82) is 0 Å². The second-order valence-electron chi connectivity index (χ2n) is 7.52. The fraction of sp³-hybridized carbons (Fsp3) is 0.667. The molecular formula is C18H27NS. The predicted molar refractivity (Wildman–Crippen MR) is 88.4 cm³/mol. The van der Waals surface area contributed by atoms with Crippen LogP contribution < -0.4 is 5.32 Å². The summed E-state index contributed by atoms with van der Waals surface area (Å²) >= 11 is 2.12. The number of thioether (sulfide) groups is 1. The minimum absolute atomic E-state index is 0.262. The van der Waals surface area contributed by atoms with Crippen molar-refractivity contribution in [1.82, 2.24) is 5.32 Å². The van der Waals surface area contributed by atoms with Crippen LogP contribution in [0.3, 0.4) is 0 Å². The lowest BCUT2D eigenvalue weighted by Crippen LogP contribution is -2.44. The molecule has 1 nitrogen and oxygen atoms in total. The first-order valence-electron chi connectivity index (χ1n) is 8.01. The smallest absolute Gasteiger partial charge is 0.0138 e. The molecule has 0 spiro atoms. The second-order valence-corrected chi connectivity index (χ2v) is 8.86. The summed E-state index contributed by atoms with van der Waals surface area (Å²) < 4.78 is 0. The van der Waals surface area contributed by atoms with Gasteiger partial charge in [-0.3, -0.25) is 0 Å². The van der Waals surface area contributed by atoms with Crippen molar-refractivity contribution in [3.05, 3.63) is 29.8 Å². The Bertz CT molecular complexity index is 438. The zero-order valence-electron chi connectivity index (χ0n) is 13.0. The maximum atomic E-state index is 3.69. The van der Waals surface area contributed by atoms with Crippen molar-refractivity contribution in [2.24, 2.45) is 11.8 Å². The van der Waals surface area contributed by atoms with Gasteiger partial charge in [0.1, 0.15) is 0 Å². The van der Waals surface area contributed by atoms with E-state index in [1.807, 2.05) is 0 Å². The van der Waals surface area contributed by atoms with E-state index in [1.54, 1.807) is 5.56 Å². The number of benzene rings is 1. The lowest BCUT2D eigenvalue weighted by molar-refractivity contribution is 0.149. The van der Waals surface area contributed by atoms with Crippen LogP contribution in [0.5, 0.6) is 0 Å². The van der Waals surface area contributed by atoms with Gasteiger partial charge in [0.2, 0.25) is 0 Å². The molecule has 1 heterocycles. The molecule has 3 atom stereocenters. The topological polar surface area (TPSA) is 12.0 Å². The molecule has 3 unspecified atom stereocenters. The molecule has 1 aromatic carbocycles. The normalized spacial score (nSPS) is 29.1. The minimum Gasteiger partial charge on any atom is -0.312 e. The Kier molecular flexibility index (Phi) is 4.14. The number of hydrogen-bond acceptors (Lipinski definition) is 2. The van der Waals surface area contributed by atoms with Crippen LogP contribution in [0.15, 0.2) is 29.2 Å². The van der Waals surface area contributed by atoms with Crippen LogP contribution in [-0.2, 0) is 6.42 Å². The van der Waals surface area contributed by atoms with Gasteiger partial charge in [-0.15, -0.1) is 11.8 Å². The lowest BCUT2D eigenvalue weighted by Gasteiger charge is -2.40. The molecule has 0 amide bonds. The van der Waals surface area contributed by atoms with Gasteiger partial charge >= 0.3 is 0 Å². The van der Waals surface area contributed by atoms with E-state index < -0.39 is 0 Å². The van der Waals surface area contributed by atoms with Crippen LogP contribution in [0, 0.1) is 11.8 Å². The van der Waals surface area contributed by atoms with Gasteiger partial charge in [0, 0.05) is 15.7 Å². The molecule has 1 aliphatic carbocycles. The van der Waals surface area contributed by atoms with E-state index in [2.05, 4.69) is 62.1 Å². The van der Waals surface area contributed by atoms with E-state index in [1.165, 1.54) is 37.1 Å². The molecule has 20 heavy (non-hydrogen) atoms. The van der Waals surface area contributed by atoms with E-state index in [4.69, 9.17) is 0 Å². The summed E-state index contributed by atoms with van der Waals surface area (Å²) in [7, 11) is 0. The molecule has 2 aliphatic rings. The van der Waals surface area contributed by atoms with Gasteiger partial charge in [-0.25, -0.2) is 0 Å². The second kappa shape index (κ2) is 5.73. The molecule has 3 rings (SSSR count). The summed E-state index contributed by atoms with van der Waals surface area (Å²) in [5.74, 6) is 1.87. The predicted octanol–water partition coefficient (Wildman–Crippen LogP) is 4.51. The Hall–Kier alpha value is -0.470. The standard InChI is InChI=1S/C18H27NS/c1-18(2,3)19-12-15-9-8-13(15)10-16-11-14-6-4-5-7-17(14)20-16/h4-7,13,15-16,19H,8-12H2,1-3H3. The molecule has 1 aliphatic heterocycles. The summed E-state index contributed by atoms with van der Waals surface area (Å²) in [5.41, 5.74) is 1.84. The molecule has 0 bridgehead atoms. The molecule has 0 saturated heterocycles. The van der Waals surface area contributed by atoms with Crippen LogP contribution in [0.25, 0.3) is 0 Å². The van der Waals surface area contributed by atoms with Crippen molar-refractivity contribution >= 4 is 11.8 Å². The number of hydrogen-bond donors (Lipinski definition) is 1. The zero-order valence-corrected chi connectivity index (χ0v) is 13.8. The third kappa shape index (κ3) is 3.40. The fourth-order valence-electron chi connectivity index (χ4n) is 3.38. The van der Waals surface area contributed by atoms with Gasteiger partial charge in [0.05, 0.1) is 0 Å². The van der Waals surface area contributed by atoms with E-state index in [-0.39, 0.29) is 5.54 Å². The summed E-state index contributed by atoms with van der Waals surface area (Å²) in [6.07, 6.45) is 5.58. The van der Waals surface area contributed by atoms with E-state index in [0.717, 1.165) is 17.1 Å². The third-order valence-electron chi connectivity index (χ3n) is 4.75. The Morgan fingerprint density at radius 2 is 1.90 bits per heavy atom. The van der Waals surface area contributed by atoms with Gasteiger partial charge in [-0.2, -0.15) is 0 Å². The molecule has 1 saturated carbocycles. The minimum atomic E-state index is 0.262. The zero-order chi connectivity index (χ0) is 14.2. The van der Waals surface area contributed by atoms with E-state index in [0.29, 0.717) is 0 Å². The largest absolute Gasteiger partial charge is 0.312 e. The number of nitrogens with one attached hydrogen (secondary N) is 1. The van der Waals surface area contributed by atoms with Gasteiger partial charge in [-0.05, 0) is 76.5 Å². The highest BCUT2D eigenvalue weighted by Gasteiger charge is 2.34. The van der Waals surface area contributed by atoms with E-state index in [9.17, 15) is 0 Å². The molecular weight excluding hydrogens is 262 g/mol. The van der Waals surface area contributed by atoms with Crippen molar-refractivity contribution in [3.8, 4) is 0 Å². The highest BCUT2D eigenvalue weighted by atomic mass is 32.2. The molecule has 1 fully saturated rings. The summed E-state index contributed by atoms with van der Waals surface area (Å²) in [5, 5.41) is 4.52. The molecule has 1 N–H and O–H groups in total. The van der Waals surface area contributed by atoms with Gasteiger partial charge < -0.3 is 5.32 Å². The Balaban J connectivity index is 1.48. The molecule has 0 aromatic heterocycles. The molecule has 0 radical (unpaired) electrons. The summed E-state index contributed by atoms with van der Waals surface area (Å²) in [6.45, 7) is 8.01. The number of rotatable bonds is 4. The van der Waals surface area contributed by atoms with Crippen molar-refractivity contribution in [2.75, 3.05) is 6.54 Å². The van der Waals surface area contributed by atoms with Crippen LogP contribution in [0.2, 0.25) is 0 Å². The number of fused-ring (bicyclic) bond motifs is 1. The van der Waals surface area contributed by atoms with Gasteiger partial charge in [-0.1, -0.05) is 18.2 Å². The Morgan fingerprint density at radius 1 is 1.15 bits per heavy atom. The van der Waals surface area contributed by atoms with Crippen LogP contribution in [0.4, 0.5) is 0 Å². The van der Waals surface area contributed by atoms with Crippen LogP contribution in [-0.4, -0.2) is 17.3 Å². The lowest BCUT2D eigenvalue weighted by atomic mass is 9.71. The van der Waals surface area contributed by atoms with E-state index >= 15 is 0 Å². The SMILES string of the molecule is CC(C)(C)NCC1CCC1CC1Cc2ccccc2S1. The molecule has 110 valence electrons. The maximum Gasteiger partial charge on any atom is 0.0138 e.